The van der Waals surface area contributed by atoms with Gasteiger partial charge in [-0.2, -0.15) is 0 Å². The van der Waals surface area contributed by atoms with E-state index in [0.717, 1.165) is 5.56 Å². The lowest BCUT2D eigenvalue weighted by Gasteiger charge is -2.47. The molecule has 2 N–H and O–H groups in total. The summed E-state index contributed by atoms with van der Waals surface area (Å²) in [6.07, 6.45) is 0.820. The highest BCUT2D eigenvalue weighted by Gasteiger charge is 2.55. The van der Waals surface area contributed by atoms with Gasteiger partial charge in [-0.15, -0.1) is 0 Å². The number of amides is 1. The maximum atomic E-state index is 11.7. The monoisotopic (exact) mass is 261 g/mol. The van der Waals surface area contributed by atoms with Crippen molar-refractivity contribution < 1.29 is 19.4 Å². The largest absolute Gasteiger partial charge is 0.479 e. The van der Waals surface area contributed by atoms with Crippen molar-refractivity contribution in [2.24, 2.45) is 0 Å². The van der Waals surface area contributed by atoms with E-state index in [1.54, 1.807) is 0 Å². The molecule has 0 unspecified atom stereocenters. The Kier molecular flexibility index (Phi) is 2.69. The Morgan fingerprint density at radius 1 is 1.32 bits per heavy atom. The van der Waals surface area contributed by atoms with Crippen molar-refractivity contribution in [1.29, 1.82) is 0 Å². The molecule has 1 saturated heterocycles. The third-order valence-corrected chi connectivity index (χ3v) is 4.10. The van der Waals surface area contributed by atoms with Crippen molar-refractivity contribution in [2.45, 2.75) is 36.8 Å². The molecule has 1 aliphatic carbocycles. The molecule has 19 heavy (non-hydrogen) atoms. The summed E-state index contributed by atoms with van der Waals surface area (Å²) in [4.78, 5) is 23.3. The van der Waals surface area contributed by atoms with Gasteiger partial charge in [-0.25, -0.2) is 9.59 Å². The van der Waals surface area contributed by atoms with Gasteiger partial charge < -0.3 is 15.2 Å². The highest BCUT2D eigenvalue weighted by atomic mass is 16.6. The molecular formula is C14H15NO4. The number of rotatable bonds is 2. The lowest BCUT2D eigenvalue weighted by Crippen LogP contribution is -2.65. The fourth-order valence-electron chi connectivity index (χ4n) is 3.23. The maximum Gasteiger partial charge on any atom is 0.408 e. The number of hydrogen-bond donors (Lipinski definition) is 2. The van der Waals surface area contributed by atoms with Crippen LogP contribution in [0.15, 0.2) is 30.3 Å². The Hall–Kier alpha value is -2.04. The molecule has 2 fully saturated rings. The van der Waals surface area contributed by atoms with E-state index in [-0.39, 0.29) is 12.0 Å². The van der Waals surface area contributed by atoms with Crippen LogP contribution in [0.1, 0.15) is 30.7 Å². The summed E-state index contributed by atoms with van der Waals surface area (Å²) in [7, 11) is 0. The number of alkyl carbamates (subject to hydrolysis) is 1. The Balaban J connectivity index is 2.03. The highest BCUT2D eigenvalue weighted by Crippen LogP contribution is 2.44. The van der Waals surface area contributed by atoms with E-state index in [4.69, 9.17) is 4.74 Å². The van der Waals surface area contributed by atoms with Crippen LogP contribution in [-0.4, -0.2) is 28.8 Å². The summed E-state index contributed by atoms with van der Waals surface area (Å²) in [5, 5.41) is 12.2. The molecule has 5 nitrogen and oxygen atoms in total. The molecule has 1 saturated carbocycles. The van der Waals surface area contributed by atoms with Crippen molar-refractivity contribution >= 4 is 12.1 Å². The topological polar surface area (TPSA) is 75.6 Å². The van der Waals surface area contributed by atoms with Gasteiger partial charge in [0.2, 0.25) is 0 Å². The molecule has 100 valence electrons. The second-order valence-corrected chi connectivity index (χ2v) is 5.17. The van der Waals surface area contributed by atoms with Gasteiger partial charge in [-0.3, -0.25) is 0 Å². The molecular weight excluding hydrogens is 246 g/mol. The molecule has 3 rings (SSSR count). The molecule has 1 heterocycles. The Morgan fingerprint density at radius 3 is 2.74 bits per heavy atom. The first kappa shape index (κ1) is 12.0. The van der Waals surface area contributed by atoms with Crippen LogP contribution in [-0.2, 0) is 9.53 Å². The molecule has 1 aliphatic heterocycles. The minimum Gasteiger partial charge on any atom is -0.479 e. The van der Waals surface area contributed by atoms with Gasteiger partial charge in [0.1, 0.15) is 6.10 Å². The molecule has 5 heteroatoms. The summed E-state index contributed by atoms with van der Waals surface area (Å²) in [5.74, 6) is -1.20. The zero-order valence-corrected chi connectivity index (χ0v) is 10.3. The molecule has 0 radical (unpaired) electrons. The number of carbonyl (C=O) groups excluding carboxylic acids is 1. The highest BCUT2D eigenvalue weighted by molar-refractivity contribution is 5.87. The zero-order chi connectivity index (χ0) is 13.5. The second kappa shape index (κ2) is 4.26. The summed E-state index contributed by atoms with van der Waals surface area (Å²) in [5.41, 5.74) is -0.287. The normalized spacial score (nSPS) is 33.2. The lowest BCUT2D eigenvalue weighted by atomic mass is 9.68. The van der Waals surface area contributed by atoms with E-state index in [1.165, 1.54) is 0 Å². The van der Waals surface area contributed by atoms with Gasteiger partial charge in [-0.05, 0) is 18.4 Å². The van der Waals surface area contributed by atoms with E-state index in [1.807, 2.05) is 30.3 Å². The number of nitrogens with one attached hydrogen (secondary N) is 1. The number of hydrogen-bond acceptors (Lipinski definition) is 3. The van der Waals surface area contributed by atoms with E-state index >= 15 is 0 Å². The number of carboxylic acid groups (broad SMARTS) is 1. The fourth-order valence-corrected chi connectivity index (χ4v) is 3.23. The molecule has 0 aromatic heterocycles. The van der Waals surface area contributed by atoms with Crippen LogP contribution in [0.3, 0.4) is 0 Å². The molecule has 3 atom stereocenters. The minimum atomic E-state index is -1.24. The van der Waals surface area contributed by atoms with E-state index in [9.17, 15) is 14.7 Å². The summed E-state index contributed by atoms with van der Waals surface area (Å²) >= 11 is 0. The maximum absolute atomic E-state index is 11.7. The van der Waals surface area contributed by atoms with Gasteiger partial charge in [0.25, 0.3) is 0 Å². The average molecular weight is 261 g/mol. The predicted octanol–water partition coefficient (Wildman–Crippen LogP) is 1.89. The van der Waals surface area contributed by atoms with Gasteiger partial charge in [-0.1, -0.05) is 30.3 Å². The standard InChI is InChI=1S/C14H15NO4/c16-12(17)14-8-10(19-13(18)15-14)6-7-11(14)9-4-2-1-3-5-9/h1-5,10-11H,6-8H2,(H,15,18)(H,16,17)/t10-,11-,14-/m1/s1. The van der Waals surface area contributed by atoms with Crippen LogP contribution in [0.25, 0.3) is 0 Å². The molecule has 1 aromatic carbocycles. The first-order chi connectivity index (χ1) is 9.12. The number of ether oxygens (including phenoxy) is 1. The van der Waals surface area contributed by atoms with Gasteiger partial charge in [0.15, 0.2) is 5.54 Å². The molecule has 1 aromatic rings. The minimum absolute atomic E-state index is 0.213. The van der Waals surface area contributed by atoms with Crippen LogP contribution in [0, 0.1) is 0 Å². The predicted molar refractivity (Wildman–Crippen MR) is 66.8 cm³/mol. The van der Waals surface area contributed by atoms with E-state index in [2.05, 4.69) is 5.32 Å². The van der Waals surface area contributed by atoms with Crippen molar-refractivity contribution in [3.05, 3.63) is 35.9 Å². The Morgan fingerprint density at radius 2 is 2.05 bits per heavy atom. The summed E-state index contributed by atoms with van der Waals surface area (Å²) in [6, 6.07) is 9.50. The Labute approximate surface area is 110 Å². The average Bonchev–Trinajstić information content (AvgIpc) is 2.39. The third kappa shape index (κ3) is 1.85. The SMILES string of the molecule is O=C1N[C@]2(C(=O)O)C[C@@H](CC[C@@H]2c2ccccc2)O1. The number of carboxylic acids is 1. The number of benzene rings is 1. The van der Waals surface area contributed by atoms with E-state index < -0.39 is 17.6 Å². The van der Waals surface area contributed by atoms with Gasteiger partial charge in [0, 0.05) is 12.3 Å². The number of carbonyl (C=O) groups is 2. The third-order valence-electron chi connectivity index (χ3n) is 4.10. The van der Waals surface area contributed by atoms with E-state index in [0.29, 0.717) is 19.3 Å². The van der Waals surface area contributed by atoms with Crippen LogP contribution >= 0.6 is 0 Å². The van der Waals surface area contributed by atoms with Crippen molar-refractivity contribution in [3.8, 4) is 0 Å². The summed E-state index contributed by atoms with van der Waals surface area (Å²) < 4.78 is 5.10. The van der Waals surface area contributed by atoms with Crippen LogP contribution in [0.5, 0.6) is 0 Å². The quantitative estimate of drug-likeness (QED) is 0.852. The fraction of sp³-hybridized carbons (Fsp3) is 0.429. The van der Waals surface area contributed by atoms with Crippen molar-refractivity contribution in [1.82, 2.24) is 5.32 Å². The number of aliphatic carboxylic acids is 1. The van der Waals surface area contributed by atoms with Crippen LogP contribution < -0.4 is 5.32 Å². The van der Waals surface area contributed by atoms with Crippen molar-refractivity contribution in [3.63, 3.8) is 0 Å². The first-order valence-corrected chi connectivity index (χ1v) is 6.39. The zero-order valence-electron chi connectivity index (χ0n) is 10.3. The molecule has 0 spiro atoms. The van der Waals surface area contributed by atoms with Crippen LogP contribution in [0.2, 0.25) is 0 Å². The van der Waals surface area contributed by atoms with Crippen molar-refractivity contribution in [2.75, 3.05) is 0 Å². The lowest BCUT2D eigenvalue weighted by molar-refractivity contribution is -0.152. The van der Waals surface area contributed by atoms with Crippen LogP contribution in [0.4, 0.5) is 4.79 Å². The summed E-state index contributed by atoms with van der Waals surface area (Å²) in [6.45, 7) is 0. The molecule has 2 bridgehead atoms. The smallest absolute Gasteiger partial charge is 0.408 e. The Bertz CT molecular complexity index is 515. The molecule has 1 amide bonds. The van der Waals surface area contributed by atoms with Gasteiger partial charge >= 0.3 is 12.1 Å². The van der Waals surface area contributed by atoms with Gasteiger partial charge in [0.05, 0.1) is 0 Å². The number of fused-ring (bicyclic) bond motifs is 2. The second-order valence-electron chi connectivity index (χ2n) is 5.17. The first-order valence-electron chi connectivity index (χ1n) is 6.39. The molecule has 2 aliphatic rings.